The third-order valence-corrected chi connectivity index (χ3v) is 5.16. The van der Waals surface area contributed by atoms with Crippen molar-refractivity contribution >= 4 is 23.2 Å². The van der Waals surface area contributed by atoms with E-state index in [1.165, 1.54) is 12.4 Å². The lowest BCUT2D eigenvalue weighted by Crippen LogP contribution is -2.19. The first-order chi connectivity index (χ1) is 14.6. The minimum atomic E-state index is 0.0408. The Balaban J connectivity index is 1.63. The third kappa shape index (κ3) is 4.15. The Morgan fingerprint density at radius 3 is 2.80 bits per heavy atom. The number of aromatic amines is 1. The number of halogens is 1. The molecule has 30 heavy (non-hydrogen) atoms. The van der Waals surface area contributed by atoms with Crippen LogP contribution in [0.3, 0.4) is 0 Å². The Hall–Kier alpha value is -3.35. The average Bonchev–Trinajstić information content (AvgIpc) is 3.38. The van der Waals surface area contributed by atoms with Crippen LogP contribution < -0.4 is 20.5 Å². The Morgan fingerprint density at radius 2 is 2.13 bits per heavy atom. The number of methoxy groups -OCH3 is 1. The van der Waals surface area contributed by atoms with Gasteiger partial charge in [-0.15, -0.1) is 0 Å². The molecule has 0 bridgehead atoms. The van der Waals surface area contributed by atoms with Crippen molar-refractivity contribution in [3.8, 4) is 28.8 Å². The van der Waals surface area contributed by atoms with Crippen LogP contribution in [0.2, 0.25) is 5.02 Å². The van der Waals surface area contributed by atoms with Crippen LogP contribution in [0.15, 0.2) is 30.6 Å². The van der Waals surface area contributed by atoms with E-state index >= 15 is 0 Å². The van der Waals surface area contributed by atoms with Crippen molar-refractivity contribution in [2.45, 2.75) is 31.4 Å². The molecule has 1 aliphatic carbocycles. The summed E-state index contributed by atoms with van der Waals surface area (Å²) in [6.07, 6.45) is 5.53. The van der Waals surface area contributed by atoms with Crippen LogP contribution in [0.1, 0.15) is 25.0 Å². The molecular formula is C20H20ClN7O2. The van der Waals surface area contributed by atoms with Crippen molar-refractivity contribution in [2.24, 2.45) is 5.73 Å². The maximum atomic E-state index is 8.83. The van der Waals surface area contributed by atoms with Gasteiger partial charge in [0.15, 0.2) is 17.3 Å². The summed E-state index contributed by atoms with van der Waals surface area (Å²) >= 11 is 6.36. The summed E-state index contributed by atoms with van der Waals surface area (Å²) in [5, 5.41) is 19.6. The minimum absolute atomic E-state index is 0.0408. The fraction of sp³-hybridized carbons (Fsp3) is 0.300. The second-order valence-electron chi connectivity index (χ2n) is 6.96. The van der Waals surface area contributed by atoms with Gasteiger partial charge in [-0.1, -0.05) is 11.6 Å². The number of nitriles is 1. The lowest BCUT2D eigenvalue weighted by atomic mass is 10.1. The van der Waals surface area contributed by atoms with E-state index < -0.39 is 0 Å². The Labute approximate surface area is 178 Å². The number of H-pyrrole nitrogens is 1. The number of anilines is 2. The quantitative estimate of drug-likeness (QED) is 0.546. The largest absolute Gasteiger partial charge is 0.494 e. The lowest BCUT2D eigenvalue weighted by molar-refractivity contribution is 0.208. The predicted octanol–water partition coefficient (Wildman–Crippen LogP) is 3.40. The number of benzene rings is 1. The van der Waals surface area contributed by atoms with E-state index in [1.807, 2.05) is 12.1 Å². The zero-order valence-corrected chi connectivity index (χ0v) is 17.0. The average molecular weight is 426 g/mol. The number of ether oxygens (including phenoxy) is 2. The van der Waals surface area contributed by atoms with E-state index in [1.54, 1.807) is 19.2 Å². The highest BCUT2D eigenvalue weighted by Crippen LogP contribution is 2.44. The second-order valence-corrected chi connectivity index (χ2v) is 7.36. The molecule has 0 saturated heterocycles. The standard InChI is InChI=1S/C20H20ClN7O2/c1-29-20-14(21)4-5-16(30-13-3-2-11(23)6-13)19(20)15-7-17(28-27-15)26-18-10-24-12(8-22)9-25-18/h4-5,7,9-11,13H,2-3,6,23H2,1H3,(H2,25,26,27,28)/t11-,13+/m0/s1. The van der Waals surface area contributed by atoms with Gasteiger partial charge in [-0.05, 0) is 31.4 Å². The molecule has 2 atom stereocenters. The molecule has 4 N–H and O–H groups in total. The lowest BCUT2D eigenvalue weighted by Gasteiger charge is -2.19. The van der Waals surface area contributed by atoms with Gasteiger partial charge < -0.3 is 20.5 Å². The first-order valence-electron chi connectivity index (χ1n) is 9.41. The second kappa shape index (κ2) is 8.57. The van der Waals surface area contributed by atoms with Gasteiger partial charge in [0.1, 0.15) is 23.7 Å². The summed E-state index contributed by atoms with van der Waals surface area (Å²) in [6.45, 7) is 0. The Morgan fingerprint density at radius 1 is 1.27 bits per heavy atom. The SMILES string of the molecule is COc1c(Cl)ccc(O[C@@H]2CC[C@H](N)C2)c1-c1cc(Nc2cnc(C#N)cn2)n[nH]1. The molecule has 0 aliphatic heterocycles. The van der Waals surface area contributed by atoms with Crippen LogP contribution in [0, 0.1) is 11.3 Å². The number of rotatable bonds is 6. The zero-order valence-electron chi connectivity index (χ0n) is 16.2. The van der Waals surface area contributed by atoms with Gasteiger partial charge >= 0.3 is 0 Å². The van der Waals surface area contributed by atoms with Gasteiger partial charge in [-0.2, -0.15) is 10.4 Å². The molecule has 2 aromatic heterocycles. The van der Waals surface area contributed by atoms with E-state index in [2.05, 4.69) is 25.5 Å². The van der Waals surface area contributed by atoms with Crippen LogP contribution in [0.4, 0.5) is 11.6 Å². The molecule has 9 nitrogen and oxygen atoms in total. The highest BCUT2D eigenvalue weighted by atomic mass is 35.5. The van der Waals surface area contributed by atoms with Crippen LogP contribution in [-0.2, 0) is 0 Å². The summed E-state index contributed by atoms with van der Waals surface area (Å²) in [4.78, 5) is 8.12. The first-order valence-corrected chi connectivity index (χ1v) is 9.79. The van der Waals surface area contributed by atoms with Gasteiger partial charge in [-0.3, -0.25) is 5.10 Å². The molecule has 0 amide bonds. The number of nitrogens with one attached hydrogen (secondary N) is 2. The maximum absolute atomic E-state index is 8.83. The van der Waals surface area contributed by atoms with Gasteiger partial charge in [-0.25, -0.2) is 9.97 Å². The molecule has 154 valence electrons. The number of hydrogen-bond donors (Lipinski definition) is 3. The molecule has 1 saturated carbocycles. The van der Waals surface area contributed by atoms with Crippen LogP contribution in [0.25, 0.3) is 11.3 Å². The number of nitrogens with two attached hydrogens (primary N) is 1. The van der Waals surface area contributed by atoms with Crippen molar-refractivity contribution < 1.29 is 9.47 Å². The van der Waals surface area contributed by atoms with E-state index in [4.69, 9.17) is 32.1 Å². The van der Waals surface area contributed by atoms with E-state index in [0.29, 0.717) is 39.4 Å². The highest BCUT2D eigenvalue weighted by molar-refractivity contribution is 6.32. The molecule has 1 aliphatic rings. The summed E-state index contributed by atoms with van der Waals surface area (Å²) in [5.41, 5.74) is 7.60. The molecule has 1 fully saturated rings. The Kier molecular flexibility index (Phi) is 5.70. The maximum Gasteiger partial charge on any atom is 0.158 e. The van der Waals surface area contributed by atoms with Gasteiger partial charge in [0, 0.05) is 12.1 Å². The highest BCUT2D eigenvalue weighted by Gasteiger charge is 2.26. The van der Waals surface area contributed by atoms with E-state index in [0.717, 1.165) is 19.3 Å². The van der Waals surface area contributed by atoms with Gasteiger partial charge in [0.25, 0.3) is 0 Å². The minimum Gasteiger partial charge on any atom is -0.494 e. The zero-order chi connectivity index (χ0) is 21.1. The van der Waals surface area contributed by atoms with Crippen molar-refractivity contribution in [3.63, 3.8) is 0 Å². The molecule has 4 rings (SSSR count). The summed E-state index contributed by atoms with van der Waals surface area (Å²) in [7, 11) is 1.56. The van der Waals surface area contributed by atoms with Crippen molar-refractivity contribution in [1.29, 1.82) is 5.26 Å². The third-order valence-electron chi connectivity index (χ3n) is 4.86. The van der Waals surface area contributed by atoms with E-state index in [9.17, 15) is 0 Å². The van der Waals surface area contributed by atoms with Gasteiger partial charge in [0.2, 0.25) is 0 Å². The first kappa shape index (κ1) is 19.9. The summed E-state index contributed by atoms with van der Waals surface area (Å²) < 4.78 is 11.8. The van der Waals surface area contributed by atoms with Crippen molar-refractivity contribution in [1.82, 2.24) is 20.2 Å². The molecule has 1 aromatic carbocycles. The molecular weight excluding hydrogens is 406 g/mol. The van der Waals surface area contributed by atoms with E-state index in [-0.39, 0.29) is 17.8 Å². The smallest absolute Gasteiger partial charge is 0.158 e. The molecule has 10 heteroatoms. The fourth-order valence-corrected chi connectivity index (χ4v) is 3.68. The molecule has 3 aromatic rings. The molecule has 0 unspecified atom stereocenters. The predicted molar refractivity (Wildman–Crippen MR) is 112 cm³/mol. The Bertz CT molecular complexity index is 1080. The molecule has 0 radical (unpaired) electrons. The van der Waals surface area contributed by atoms with Crippen molar-refractivity contribution in [2.75, 3.05) is 12.4 Å². The number of hydrogen-bond acceptors (Lipinski definition) is 8. The van der Waals surface area contributed by atoms with Crippen LogP contribution in [-0.4, -0.2) is 39.4 Å². The summed E-state index contributed by atoms with van der Waals surface area (Å²) in [5.74, 6) is 2.11. The van der Waals surface area contributed by atoms with Crippen molar-refractivity contribution in [3.05, 3.63) is 41.3 Å². The summed E-state index contributed by atoms with van der Waals surface area (Å²) in [6, 6.07) is 7.45. The normalized spacial score (nSPS) is 18.1. The van der Waals surface area contributed by atoms with Crippen LogP contribution >= 0.6 is 11.6 Å². The van der Waals surface area contributed by atoms with Crippen LogP contribution in [0.5, 0.6) is 11.5 Å². The number of aromatic nitrogens is 4. The van der Waals surface area contributed by atoms with Gasteiger partial charge in [0.05, 0.1) is 35.8 Å². The number of nitrogens with zero attached hydrogens (tertiary/aromatic N) is 4. The molecule has 0 spiro atoms. The topological polar surface area (TPSA) is 135 Å². The monoisotopic (exact) mass is 425 g/mol. The molecule has 2 heterocycles. The fourth-order valence-electron chi connectivity index (χ4n) is 3.45.